The SMILES string of the molecule is CCCC(C)(Cl)C(C)(C)C. The lowest BCUT2D eigenvalue weighted by atomic mass is 9.79. The van der Waals surface area contributed by atoms with Crippen LogP contribution in [0.1, 0.15) is 47.5 Å². The van der Waals surface area contributed by atoms with Gasteiger partial charge in [-0.25, -0.2) is 0 Å². The molecule has 0 rings (SSSR count). The van der Waals surface area contributed by atoms with Gasteiger partial charge in [0.25, 0.3) is 0 Å². The zero-order valence-electron chi connectivity index (χ0n) is 7.79. The van der Waals surface area contributed by atoms with E-state index >= 15 is 0 Å². The third-order valence-corrected chi connectivity index (χ3v) is 3.04. The van der Waals surface area contributed by atoms with Gasteiger partial charge >= 0.3 is 0 Å². The summed E-state index contributed by atoms with van der Waals surface area (Å²) in [5.41, 5.74) is 0.213. The molecule has 0 saturated heterocycles. The van der Waals surface area contributed by atoms with Gasteiger partial charge in [0.2, 0.25) is 0 Å². The van der Waals surface area contributed by atoms with Crippen molar-refractivity contribution in [2.24, 2.45) is 5.41 Å². The molecule has 0 heterocycles. The molecule has 0 aromatic carbocycles. The first-order valence-electron chi connectivity index (χ1n) is 4.00. The van der Waals surface area contributed by atoms with Crippen molar-refractivity contribution in [3.8, 4) is 0 Å². The van der Waals surface area contributed by atoms with Crippen molar-refractivity contribution in [2.45, 2.75) is 52.3 Å². The van der Waals surface area contributed by atoms with E-state index in [-0.39, 0.29) is 10.3 Å². The van der Waals surface area contributed by atoms with Crippen LogP contribution in [0.25, 0.3) is 0 Å². The van der Waals surface area contributed by atoms with Crippen molar-refractivity contribution in [3.63, 3.8) is 0 Å². The minimum Gasteiger partial charge on any atom is -0.119 e. The molecular weight excluding hydrogens is 144 g/mol. The number of alkyl halides is 1. The first kappa shape index (κ1) is 10.3. The van der Waals surface area contributed by atoms with E-state index in [2.05, 4.69) is 34.6 Å². The van der Waals surface area contributed by atoms with Gasteiger partial charge < -0.3 is 0 Å². The van der Waals surface area contributed by atoms with Crippen LogP contribution in [0.5, 0.6) is 0 Å². The molecule has 0 saturated carbocycles. The molecule has 10 heavy (non-hydrogen) atoms. The second-order valence-electron chi connectivity index (χ2n) is 4.20. The molecule has 0 aromatic heterocycles. The molecule has 62 valence electrons. The third-order valence-electron chi connectivity index (χ3n) is 2.28. The quantitative estimate of drug-likeness (QED) is 0.542. The fourth-order valence-corrected chi connectivity index (χ4v) is 1.03. The Balaban J connectivity index is 4.10. The first-order valence-corrected chi connectivity index (χ1v) is 4.38. The van der Waals surface area contributed by atoms with Gasteiger partial charge in [0.05, 0.1) is 0 Å². The van der Waals surface area contributed by atoms with E-state index in [1.807, 2.05) is 0 Å². The van der Waals surface area contributed by atoms with E-state index in [0.717, 1.165) is 12.8 Å². The van der Waals surface area contributed by atoms with E-state index in [1.165, 1.54) is 0 Å². The summed E-state index contributed by atoms with van der Waals surface area (Å²) in [4.78, 5) is -0.0399. The van der Waals surface area contributed by atoms with Crippen LogP contribution < -0.4 is 0 Å². The molecule has 0 nitrogen and oxygen atoms in total. The monoisotopic (exact) mass is 162 g/mol. The van der Waals surface area contributed by atoms with Gasteiger partial charge in [-0.3, -0.25) is 0 Å². The largest absolute Gasteiger partial charge is 0.119 e. The number of rotatable bonds is 2. The zero-order valence-corrected chi connectivity index (χ0v) is 8.55. The van der Waals surface area contributed by atoms with Crippen LogP contribution >= 0.6 is 11.6 Å². The van der Waals surface area contributed by atoms with Crippen LogP contribution in [0.4, 0.5) is 0 Å². The van der Waals surface area contributed by atoms with Gasteiger partial charge in [-0.1, -0.05) is 34.1 Å². The Labute approximate surface area is 70.0 Å². The van der Waals surface area contributed by atoms with Crippen LogP contribution in [0, 0.1) is 5.41 Å². The molecule has 1 atom stereocenters. The van der Waals surface area contributed by atoms with Gasteiger partial charge in [0.15, 0.2) is 0 Å². The van der Waals surface area contributed by atoms with Crippen molar-refractivity contribution in [1.29, 1.82) is 0 Å². The normalized spacial score (nSPS) is 18.6. The Morgan fingerprint density at radius 3 is 1.60 bits per heavy atom. The highest BCUT2D eigenvalue weighted by molar-refractivity contribution is 6.24. The van der Waals surface area contributed by atoms with Crippen LogP contribution in [-0.4, -0.2) is 4.87 Å². The van der Waals surface area contributed by atoms with Crippen molar-refractivity contribution < 1.29 is 0 Å². The average Bonchev–Trinajstić information content (AvgIpc) is 1.61. The minimum absolute atomic E-state index is 0.0399. The molecule has 1 unspecified atom stereocenters. The summed E-state index contributed by atoms with van der Waals surface area (Å²) >= 11 is 6.31. The number of halogens is 1. The predicted molar refractivity (Wildman–Crippen MR) is 48.6 cm³/mol. The first-order chi connectivity index (χ1) is 4.31. The fourth-order valence-electron chi connectivity index (χ4n) is 0.844. The van der Waals surface area contributed by atoms with E-state index in [9.17, 15) is 0 Å². The summed E-state index contributed by atoms with van der Waals surface area (Å²) in [6.45, 7) is 10.9. The topological polar surface area (TPSA) is 0 Å². The summed E-state index contributed by atoms with van der Waals surface area (Å²) in [5, 5.41) is 0. The second kappa shape index (κ2) is 3.13. The van der Waals surface area contributed by atoms with Gasteiger partial charge in [-0.2, -0.15) is 0 Å². The molecule has 0 aromatic rings. The maximum atomic E-state index is 6.31. The Hall–Kier alpha value is 0.290. The van der Waals surface area contributed by atoms with Crippen molar-refractivity contribution >= 4 is 11.6 Å². The molecule has 0 aliphatic heterocycles. The molecule has 0 aliphatic rings. The smallest absolute Gasteiger partial charge is 0.0466 e. The standard InChI is InChI=1S/C9H19Cl/c1-6-7-9(5,10)8(2,3)4/h6-7H2,1-5H3. The third kappa shape index (κ3) is 2.49. The molecule has 0 spiro atoms. The summed E-state index contributed by atoms with van der Waals surface area (Å²) in [5.74, 6) is 0. The fraction of sp³-hybridized carbons (Fsp3) is 1.00. The molecule has 0 radical (unpaired) electrons. The Kier molecular flexibility index (Phi) is 3.22. The Morgan fingerprint density at radius 1 is 1.10 bits per heavy atom. The molecule has 0 N–H and O–H groups in total. The minimum atomic E-state index is -0.0399. The van der Waals surface area contributed by atoms with Crippen LogP contribution in [0.3, 0.4) is 0 Å². The van der Waals surface area contributed by atoms with Crippen molar-refractivity contribution in [1.82, 2.24) is 0 Å². The molecular formula is C9H19Cl. The van der Waals surface area contributed by atoms with Gasteiger partial charge in [0.1, 0.15) is 0 Å². The predicted octanol–water partition coefficient (Wildman–Crippen LogP) is 3.83. The highest BCUT2D eigenvalue weighted by atomic mass is 35.5. The highest BCUT2D eigenvalue weighted by Gasteiger charge is 2.33. The molecule has 0 amide bonds. The van der Waals surface area contributed by atoms with E-state index in [1.54, 1.807) is 0 Å². The maximum Gasteiger partial charge on any atom is 0.0466 e. The molecule has 0 fully saturated rings. The second-order valence-corrected chi connectivity index (χ2v) is 5.03. The van der Waals surface area contributed by atoms with Crippen LogP contribution in [0.2, 0.25) is 0 Å². The highest BCUT2D eigenvalue weighted by Crippen LogP contribution is 2.39. The van der Waals surface area contributed by atoms with Crippen LogP contribution in [-0.2, 0) is 0 Å². The van der Waals surface area contributed by atoms with Crippen molar-refractivity contribution in [2.75, 3.05) is 0 Å². The van der Waals surface area contributed by atoms with Gasteiger partial charge in [-0.05, 0) is 18.8 Å². The van der Waals surface area contributed by atoms with Gasteiger partial charge in [-0.15, -0.1) is 11.6 Å². The summed E-state index contributed by atoms with van der Waals surface area (Å²) in [6.07, 6.45) is 2.26. The maximum absolute atomic E-state index is 6.31. The molecule has 0 aliphatic carbocycles. The lowest BCUT2D eigenvalue weighted by Crippen LogP contribution is -2.33. The summed E-state index contributed by atoms with van der Waals surface area (Å²) < 4.78 is 0. The Bertz CT molecular complexity index is 97.8. The number of hydrogen-bond donors (Lipinski definition) is 0. The van der Waals surface area contributed by atoms with Gasteiger partial charge in [0, 0.05) is 4.87 Å². The number of hydrogen-bond acceptors (Lipinski definition) is 0. The lowest BCUT2D eigenvalue weighted by molar-refractivity contribution is 0.275. The summed E-state index contributed by atoms with van der Waals surface area (Å²) in [7, 11) is 0. The lowest BCUT2D eigenvalue weighted by Gasteiger charge is -2.36. The average molecular weight is 163 g/mol. The van der Waals surface area contributed by atoms with Crippen molar-refractivity contribution in [3.05, 3.63) is 0 Å². The molecule has 1 heteroatoms. The van der Waals surface area contributed by atoms with E-state index in [4.69, 9.17) is 11.6 Å². The van der Waals surface area contributed by atoms with E-state index < -0.39 is 0 Å². The zero-order chi connectivity index (χ0) is 8.41. The Morgan fingerprint density at radius 2 is 1.50 bits per heavy atom. The van der Waals surface area contributed by atoms with Crippen LogP contribution in [0.15, 0.2) is 0 Å². The summed E-state index contributed by atoms with van der Waals surface area (Å²) in [6, 6.07) is 0. The molecule has 0 bridgehead atoms. The van der Waals surface area contributed by atoms with E-state index in [0.29, 0.717) is 0 Å².